The number of aromatic nitrogens is 2. The monoisotopic (exact) mass is 485 g/mol. The molecule has 0 radical (unpaired) electrons. The Hall–Kier alpha value is -3.71. The molecule has 1 fully saturated rings. The van der Waals surface area contributed by atoms with Crippen molar-refractivity contribution >= 4 is 33.4 Å². The smallest absolute Gasteiger partial charge is 0.253 e. The maximum atomic E-state index is 13.0. The van der Waals surface area contributed by atoms with Crippen molar-refractivity contribution in [1.82, 2.24) is 14.7 Å². The Morgan fingerprint density at radius 3 is 2.61 bits per heavy atom. The average Bonchev–Trinajstić information content (AvgIpc) is 3.29. The van der Waals surface area contributed by atoms with E-state index in [1.54, 1.807) is 14.2 Å². The van der Waals surface area contributed by atoms with Crippen molar-refractivity contribution in [2.45, 2.75) is 26.3 Å². The second-order valence-corrected chi connectivity index (χ2v) is 9.55. The number of ether oxygens (including phenoxy) is 2. The summed E-state index contributed by atoms with van der Waals surface area (Å²) in [6.07, 6.45) is 3.22. The van der Waals surface area contributed by atoms with Crippen LogP contribution in [0.15, 0.2) is 54.7 Å². The number of hydrogen-bond acceptors (Lipinski definition) is 5. The molecule has 3 aromatic carbocycles. The summed E-state index contributed by atoms with van der Waals surface area (Å²) in [4.78, 5) is 27.5. The molecule has 0 unspecified atom stereocenters. The number of carbonyl (C=O) groups is 2. The van der Waals surface area contributed by atoms with Crippen molar-refractivity contribution in [3.8, 4) is 5.75 Å². The number of hydrogen-bond donors (Lipinski definition) is 0. The van der Waals surface area contributed by atoms with E-state index in [0.29, 0.717) is 37.6 Å². The van der Waals surface area contributed by atoms with Crippen LogP contribution in [0, 0.1) is 12.8 Å². The molecule has 1 aliphatic heterocycles. The summed E-state index contributed by atoms with van der Waals surface area (Å²) in [7, 11) is 3.29. The number of ketones is 1. The van der Waals surface area contributed by atoms with E-state index in [9.17, 15) is 9.59 Å². The molecule has 0 N–H and O–H groups in total. The van der Waals surface area contributed by atoms with Gasteiger partial charge < -0.3 is 14.4 Å². The van der Waals surface area contributed by atoms with Crippen molar-refractivity contribution in [2.75, 3.05) is 33.9 Å². The molecule has 1 aromatic heterocycles. The molecule has 7 nitrogen and oxygen atoms in total. The summed E-state index contributed by atoms with van der Waals surface area (Å²) < 4.78 is 12.3. The van der Waals surface area contributed by atoms with Crippen LogP contribution in [0.4, 0.5) is 0 Å². The van der Waals surface area contributed by atoms with E-state index in [1.807, 2.05) is 71.2 Å². The molecule has 186 valence electrons. The highest BCUT2D eigenvalue weighted by Gasteiger charge is 2.31. The maximum absolute atomic E-state index is 13.0. The van der Waals surface area contributed by atoms with Crippen LogP contribution in [0.1, 0.15) is 39.1 Å². The van der Waals surface area contributed by atoms with Gasteiger partial charge in [-0.25, -0.2) is 0 Å². The highest BCUT2D eigenvalue weighted by Crippen LogP contribution is 2.27. The zero-order valence-corrected chi connectivity index (χ0v) is 21.0. The standard InChI is InChI=1S/C29H31N3O4/c1-19-25(28(33)5-4-12-35-2)10-11-27-26(19)18-32(30-27)17-20-15-31(16-20)29(34)22-7-6-21-8-9-24(36-3)14-23(21)13-22/h6-11,13-14,18,20H,4-5,12,15-17H2,1-3H3. The number of methoxy groups -OCH3 is 2. The lowest BCUT2D eigenvalue weighted by Crippen LogP contribution is -2.51. The van der Waals surface area contributed by atoms with E-state index < -0.39 is 0 Å². The van der Waals surface area contributed by atoms with Gasteiger partial charge >= 0.3 is 0 Å². The second-order valence-electron chi connectivity index (χ2n) is 9.55. The number of rotatable bonds is 9. The molecular weight excluding hydrogens is 454 g/mol. The average molecular weight is 486 g/mol. The van der Waals surface area contributed by atoms with Crippen molar-refractivity contribution in [3.05, 3.63) is 71.4 Å². The number of benzene rings is 3. The van der Waals surface area contributed by atoms with Crippen LogP contribution in [0.2, 0.25) is 0 Å². The van der Waals surface area contributed by atoms with Crippen LogP contribution in [-0.4, -0.2) is 60.3 Å². The SMILES string of the molecule is COCCCC(=O)c1ccc2nn(CC3CN(C(=O)c4ccc5ccc(OC)cc5c4)C3)cc2c1C. The molecule has 0 saturated carbocycles. The minimum Gasteiger partial charge on any atom is -0.497 e. The predicted octanol–water partition coefficient (Wildman–Crippen LogP) is 4.89. The fourth-order valence-corrected chi connectivity index (χ4v) is 4.97. The minimum absolute atomic E-state index is 0.0501. The Labute approximate surface area is 210 Å². The normalized spacial score (nSPS) is 13.8. The van der Waals surface area contributed by atoms with Gasteiger partial charge in [-0.1, -0.05) is 12.1 Å². The summed E-state index contributed by atoms with van der Waals surface area (Å²) >= 11 is 0. The van der Waals surface area contributed by atoms with E-state index in [1.165, 1.54) is 0 Å². The highest BCUT2D eigenvalue weighted by molar-refractivity contribution is 6.02. The Morgan fingerprint density at radius 1 is 1.03 bits per heavy atom. The third-order valence-electron chi connectivity index (χ3n) is 7.04. The molecule has 0 atom stereocenters. The fraction of sp³-hybridized carbons (Fsp3) is 0.345. The van der Waals surface area contributed by atoms with E-state index in [4.69, 9.17) is 14.6 Å². The number of likely N-dealkylation sites (tertiary alicyclic amines) is 1. The van der Waals surface area contributed by atoms with E-state index in [2.05, 4.69) is 0 Å². The van der Waals surface area contributed by atoms with Gasteiger partial charge in [0, 0.05) is 68.4 Å². The van der Waals surface area contributed by atoms with Gasteiger partial charge in [0.1, 0.15) is 5.75 Å². The summed E-state index contributed by atoms with van der Waals surface area (Å²) in [5.41, 5.74) is 3.31. The van der Waals surface area contributed by atoms with E-state index in [-0.39, 0.29) is 11.7 Å². The van der Waals surface area contributed by atoms with E-state index >= 15 is 0 Å². The molecule has 1 saturated heterocycles. The Morgan fingerprint density at radius 2 is 1.83 bits per heavy atom. The Kier molecular flexibility index (Phi) is 6.74. The van der Waals surface area contributed by atoms with Crippen molar-refractivity contribution in [3.63, 3.8) is 0 Å². The molecule has 4 aromatic rings. The first-order chi connectivity index (χ1) is 17.5. The van der Waals surface area contributed by atoms with Crippen molar-refractivity contribution in [1.29, 1.82) is 0 Å². The number of carbonyl (C=O) groups excluding carboxylic acids is 2. The molecule has 0 bridgehead atoms. The summed E-state index contributed by atoms with van der Waals surface area (Å²) in [6, 6.07) is 15.5. The van der Waals surface area contributed by atoms with Gasteiger partial charge in [-0.2, -0.15) is 5.10 Å². The summed E-state index contributed by atoms with van der Waals surface area (Å²) in [5, 5.41) is 7.80. The fourth-order valence-electron chi connectivity index (χ4n) is 4.97. The summed E-state index contributed by atoms with van der Waals surface area (Å²) in [6.45, 7) is 4.72. The number of Topliss-reactive ketones (excluding diaryl/α,β-unsaturated/α-hetero) is 1. The van der Waals surface area contributed by atoms with Gasteiger partial charge in [-0.15, -0.1) is 0 Å². The predicted molar refractivity (Wildman–Crippen MR) is 140 cm³/mol. The minimum atomic E-state index is 0.0501. The van der Waals surface area contributed by atoms with Gasteiger partial charge in [-0.3, -0.25) is 14.3 Å². The quantitative estimate of drug-likeness (QED) is 0.249. The molecule has 5 rings (SSSR count). The topological polar surface area (TPSA) is 73.7 Å². The third kappa shape index (κ3) is 4.71. The lowest BCUT2D eigenvalue weighted by atomic mass is 9.98. The highest BCUT2D eigenvalue weighted by atomic mass is 16.5. The molecule has 0 spiro atoms. The van der Waals surface area contributed by atoms with Gasteiger partial charge in [0.15, 0.2) is 5.78 Å². The van der Waals surface area contributed by atoms with Crippen molar-refractivity contribution < 1.29 is 19.1 Å². The molecule has 36 heavy (non-hydrogen) atoms. The summed E-state index contributed by atoms with van der Waals surface area (Å²) in [5.74, 6) is 1.31. The number of nitrogens with zero attached hydrogens (tertiary/aromatic N) is 3. The first kappa shape index (κ1) is 24.0. The molecule has 7 heteroatoms. The molecule has 1 aliphatic rings. The zero-order chi connectivity index (χ0) is 25.2. The van der Waals surface area contributed by atoms with Crippen LogP contribution in [-0.2, 0) is 11.3 Å². The largest absolute Gasteiger partial charge is 0.497 e. The number of aryl methyl sites for hydroxylation is 1. The Balaban J connectivity index is 1.22. The third-order valence-corrected chi connectivity index (χ3v) is 7.04. The lowest BCUT2D eigenvalue weighted by Gasteiger charge is -2.39. The molecular formula is C29H31N3O4. The van der Waals surface area contributed by atoms with Crippen LogP contribution in [0.25, 0.3) is 21.7 Å². The van der Waals surface area contributed by atoms with Crippen LogP contribution < -0.4 is 4.74 Å². The zero-order valence-electron chi connectivity index (χ0n) is 21.0. The van der Waals surface area contributed by atoms with Gasteiger partial charge in [0.25, 0.3) is 5.91 Å². The first-order valence-electron chi connectivity index (χ1n) is 12.3. The molecule has 2 heterocycles. The van der Waals surface area contributed by atoms with Gasteiger partial charge in [0.05, 0.1) is 12.6 Å². The van der Waals surface area contributed by atoms with E-state index in [0.717, 1.165) is 51.5 Å². The van der Waals surface area contributed by atoms with Crippen LogP contribution >= 0.6 is 0 Å². The number of amides is 1. The maximum Gasteiger partial charge on any atom is 0.253 e. The Bertz CT molecular complexity index is 1440. The first-order valence-corrected chi connectivity index (χ1v) is 12.3. The van der Waals surface area contributed by atoms with Gasteiger partial charge in [-0.05, 0) is 66.1 Å². The van der Waals surface area contributed by atoms with Gasteiger partial charge in [0.2, 0.25) is 0 Å². The van der Waals surface area contributed by atoms with Crippen molar-refractivity contribution in [2.24, 2.45) is 5.92 Å². The number of fused-ring (bicyclic) bond motifs is 2. The molecule has 0 aliphatic carbocycles. The van der Waals surface area contributed by atoms with Crippen LogP contribution in [0.5, 0.6) is 5.75 Å². The second kappa shape index (κ2) is 10.1. The van der Waals surface area contributed by atoms with Crippen LogP contribution in [0.3, 0.4) is 0 Å². The molecule has 1 amide bonds. The lowest BCUT2D eigenvalue weighted by molar-refractivity contribution is 0.0462.